The molecular weight excluding hydrogens is 440 g/mol. The topological polar surface area (TPSA) is 91.5 Å². The summed E-state index contributed by atoms with van der Waals surface area (Å²) in [5, 5.41) is 9.05. The lowest BCUT2D eigenvalue weighted by molar-refractivity contribution is 0.207. The fraction of sp³-hybridized carbons (Fsp3) is 0.364. The van der Waals surface area contributed by atoms with Crippen molar-refractivity contribution < 1.29 is 8.78 Å². The maximum atomic E-state index is 15.6. The third-order valence-corrected chi connectivity index (χ3v) is 7.97. The zero-order chi connectivity index (χ0) is 22.0. The highest BCUT2D eigenvalue weighted by atomic mass is 35.5. The van der Waals surface area contributed by atoms with Crippen LogP contribution in [-0.2, 0) is 0 Å². The van der Waals surface area contributed by atoms with Crippen LogP contribution in [0, 0.1) is 39.3 Å². The third-order valence-electron chi connectivity index (χ3n) is 6.79. The van der Waals surface area contributed by atoms with Crippen molar-refractivity contribution in [2.75, 3.05) is 18.8 Å². The molecule has 2 bridgehead atoms. The SMILES string of the molecule is C/C(=c1/cc(Cl)/c(=c2/ccc(F)c3c2=NC(=N)S3)c(F)c1N)N1CC2CCC(C1)C2N. The van der Waals surface area contributed by atoms with Crippen LogP contribution in [0.5, 0.6) is 0 Å². The van der Waals surface area contributed by atoms with E-state index >= 15 is 4.39 Å². The minimum atomic E-state index is -0.661. The van der Waals surface area contributed by atoms with Gasteiger partial charge in [-0.25, -0.2) is 13.8 Å². The van der Waals surface area contributed by atoms with E-state index in [4.69, 9.17) is 28.5 Å². The summed E-state index contributed by atoms with van der Waals surface area (Å²) in [6.07, 6.45) is 2.23. The summed E-state index contributed by atoms with van der Waals surface area (Å²) in [5.41, 5.74) is 13.4. The van der Waals surface area contributed by atoms with Gasteiger partial charge in [-0.05, 0) is 61.6 Å². The van der Waals surface area contributed by atoms with Gasteiger partial charge in [-0.15, -0.1) is 0 Å². The second kappa shape index (κ2) is 7.46. The van der Waals surface area contributed by atoms with E-state index in [1.165, 1.54) is 12.1 Å². The number of nitrogens with two attached hydrogens (primary N) is 2. The van der Waals surface area contributed by atoms with Gasteiger partial charge in [-0.3, -0.25) is 5.41 Å². The summed E-state index contributed by atoms with van der Waals surface area (Å²) in [4.78, 5) is 6.51. The molecule has 5 rings (SSSR count). The standard InChI is InChI=1S/C22H22ClF2N5S/c1-9(30-7-10-2-3-11(8-30)18(10)26)13-6-14(23)16(17(25)19(13)27)12-4-5-15(24)21-20(12)29-22(28)31-21/h4-6,10-11,18,28H,2-3,7-8,26-27H2,1H3/b13-9+,16-12+,28-22?. The van der Waals surface area contributed by atoms with Crippen LogP contribution in [0.2, 0.25) is 5.02 Å². The highest BCUT2D eigenvalue weighted by Gasteiger charge is 2.39. The molecule has 0 aromatic heterocycles. The van der Waals surface area contributed by atoms with E-state index in [-0.39, 0.29) is 37.4 Å². The molecule has 5 N–H and O–H groups in total. The van der Waals surface area contributed by atoms with Crippen LogP contribution in [0.15, 0.2) is 28.1 Å². The number of anilines is 1. The Labute approximate surface area is 187 Å². The molecule has 0 amide bonds. The Bertz CT molecular complexity index is 1330. The number of hydrogen-bond acceptors (Lipinski definition) is 5. The van der Waals surface area contributed by atoms with Crippen molar-refractivity contribution in [2.45, 2.75) is 30.7 Å². The Hall–Kier alpha value is -2.16. The van der Waals surface area contributed by atoms with Crippen molar-refractivity contribution in [3.05, 3.63) is 55.9 Å². The molecule has 5 nitrogen and oxygen atoms in total. The molecule has 1 saturated carbocycles. The minimum Gasteiger partial charge on any atom is -0.396 e. The average molecular weight is 462 g/mol. The van der Waals surface area contributed by atoms with Crippen molar-refractivity contribution in [3.8, 4) is 0 Å². The molecule has 162 valence electrons. The number of nitrogens with one attached hydrogen (secondary N) is 1. The second-order valence-corrected chi connectivity index (χ2v) is 9.87. The smallest absolute Gasteiger partial charge is 0.185 e. The Morgan fingerprint density at radius 3 is 2.61 bits per heavy atom. The highest BCUT2D eigenvalue weighted by molar-refractivity contribution is 8.14. The third kappa shape index (κ3) is 3.23. The molecule has 3 aliphatic rings. The quantitative estimate of drug-likeness (QED) is 0.569. The molecule has 2 fully saturated rings. The summed E-state index contributed by atoms with van der Waals surface area (Å²) < 4.78 is 29.7. The molecule has 2 aromatic rings. The number of likely N-dealkylation sites (tertiary alicyclic amines) is 1. The number of rotatable bonds is 1. The summed E-state index contributed by atoms with van der Waals surface area (Å²) in [6, 6.07) is 4.56. The number of nitrogen functional groups attached to an aromatic ring is 1. The number of benzene rings is 2. The molecular formula is C22H22ClF2N5S. The van der Waals surface area contributed by atoms with Crippen LogP contribution in [0.1, 0.15) is 19.8 Å². The van der Waals surface area contributed by atoms with Crippen LogP contribution < -0.4 is 22.0 Å². The lowest BCUT2D eigenvalue weighted by Gasteiger charge is -2.38. The first-order chi connectivity index (χ1) is 14.8. The number of hydrogen-bond donors (Lipinski definition) is 3. The number of halogens is 3. The summed E-state index contributed by atoms with van der Waals surface area (Å²) in [7, 11) is 0. The second-order valence-electron chi connectivity index (χ2n) is 8.47. The van der Waals surface area contributed by atoms with Crippen molar-refractivity contribution in [2.24, 2.45) is 22.6 Å². The van der Waals surface area contributed by atoms with Gasteiger partial charge in [-0.1, -0.05) is 11.6 Å². The van der Waals surface area contributed by atoms with Crippen molar-refractivity contribution >= 4 is 39.9 Å². The fourth-order valence-electron chi connectivity index (χ4n) is 5.07. The molecule has 2 atom stereocenters. The molecule has 2 aromatic carbocycles. The first-order valence-corrected chi connectivity index (χ1v) is 11.4. The molecule has 2 aliphatic heterocycles. The monoisotopic (exact) mass is 461 g/mol. The maximum absolute atomic E-state index is 15.6. The van der Waals surface area contributed by atoms with Gasteiger partial charge in [0.05, 0.1) is 21.0 Å². The largest absolute Gasteiger partial charge is 0.396 e. The van der Waals surface area contributed by atoms with E-state index in [9.17, 15) is 4.39 Å². The van der Waals surface area contributed by atoms with Gasteiger partial charge in [0.25, 0.3) is 0 Å². The van der Waals surface area contributed by atoms with Gasteiger partial charge in [0.2, 0.25) is 0 Å². The predicted octanol–water partition coefficient (Wildman–Crippen LogP) is 2.94. The summed E-state index contributed by atoms with van der Waals surface area (Å²) in [5.74, 6) is -0.291. The average Bonchev–Trinajstić information content (AvgIpc) is 3.20. The maximum Gasteiger partial charge on any atom is 0.185 e. The van der Waals surface area contributed by atoms with E-state index < -0.39 is 11.6 Å². The zero-order valence-electron chi connectivity index (χ0n) is 16.9. The van der Waals surface area contributed by atoms with E-state index in [1.54, 1.807) is 6.07 Å². The highest BCUT2D eigenvalue weighted by Crippen LogP contribution is 2.37. The predicted molar refractivity (Wildman–Crippen MR) is 119 cm³/mol. The Kier molecular flexibility index (Phi) is 4.99. The van der Waals surface area contributed by atoms with Gasteiger partial charge in [0.15, 0.2) is 11.0 Å². The first kappa shape index (κ1) is 20.7. The number of piperidine rings is 1. The fourth-order valence-corrected chi connectivity index (χ4v) is 6.11. The molecule has 2 heterocycles. The van der Waals surface area contributed by atoms with Crippen molar-refractivity contribution in [3.63, 3.8) is 0 Å². The molecule has 1 saturated heterocycles. The summed E-state index contributed by atoms with van der Waals surface area (Å²) in [6.45, 7) is 3.58. The molecule has 9 heteroatoms. The van der Waals surface area contributed by atoms with E-state index in [2.05, 4.69) is 9.89 Å². The first-order valence-electron chi connectivity index (χ1n) is 10.2. The number of fused-ring (bicyclic) bond motifs is 3. The lowest BCUT2D eigenvalue weighted by atomic mass is 9.92. The minimum absolute atomic E-state index is 0.00193. The van der Waals surface area contributed by atoms with Crippen LogP contribution >= 0.6 is 23.4 Å². The van der Waals surface area contributed by atoms with Gasteiger partial charge < -0.3 is 16.4 Å². The molecule has 31 heavy (non-hydrogen) atoms. The van der Waals surface area contributed by atoms with E-state index in [0.717, 1.165) is 43.4 Å². The van der Waals surface area contributed by atoms with E-state index in [1.807, 2.05) is 6.92 Å². The molecule has 0 spiro atoms. The number of amidine groups is 1. The normalized spacial score (nSPS) is 26.7. The molecule has 2 unspecified atom stereocenters. The summed E-state index contributed by atoms with van der Waals surface area (Å²) >= 11 is 7.45. The Balaban J connectivity index is 1.75. The van der Waals surface area contributed by atoms with Crippen molar-refractivity contribution in [1.82, 2.24) is 4.90 Å². The lowest BCUT2D eigenvalue weighted by Crippen LogP contribution is -2.48. The van der Waals surface area contributed by atoms with Crippen LogP contribution in [-0.4, -0.2) is 29.2 Å². The Morgan fingerprint density at radius 2 is 1.94 bits per heavy atom. The van der Waals surface area contributed by atoms with Gasteiger partial charge in [0, 0.05) is 40.5 Å². The van der Waals surface area contributed by atoms with Gasteiger partial charge in [0.1, 0.15) is 5.82 Å². The van der Waals surface area contributed by atoms with E-state index in [0.29, 0.717) is 22.3 Å². The Morgan fingerprint density at radius 1 is 1.26 bits per heavy atom. The zero-order valence-corrected chi connectivity index (χ0v) is 18.5. The molecule has 0 radical (unpaired) electrons. The van der Waals surface area contributed by atoms with Crippen LogP contribution in [0.25, 0.3) is 5.70 Å². The van der Waals surface area contributed by atoms with Crippen LogP contribution in [0.4, 0.5) is 14.5 Å². The number of thioether (sulfide) groups is 1. The van der Waals surface area contributed by atoms with Gasteiger partial charge >= 0.3 is 0 Å². The van der Waals surface area contributed by atoms with Crippen LogP contribution in [0.3, 0.4) is 0 Å². The number of nitrogens with zero attached hydrogens (tertiary/aromatic N) is 2. The molecule has 1 aliphatic carbocycles. The van der Waals surface area contributed by atoms with Gasteiger partial charge in [-0.2, -0.15) is 0 Å². The van der Waals surface area contributed by atoms with Crippen molar-refractivity contribution in [1.29, 1.82) is 5.41 Å².